The Labute approximate surface area is 208 Å². The summed E-state index contributed by atoms with van der Waals surface area (Å²) in [5.74, 6) is 0.228. The van der Waals surface area contributed by atoms with Gasteiger partial charge in [0, 0.05) is 28.8 Å². The minimum Gasteiger partial charge on any atom is -0.497 e. The minimum absolute atomic E-state index is 0.184. The maximum Gasteiger partial charge on any atom is 0.338 e. The molecular weight excluding hydrogens is 462 g/mol. The molecule has 2 N–H and O–H groups in total. The molecule has 0 bridgehead atoms. The van der Waals surface area contributed by atoms with Gasteiger partial charge >= 0.3 is 5.97 Å². The van der Waals surface area contributed by atoms with Gasteiger partial charge in [-0.3, -0.25) is 9.59 Å². The second-order valence-electron chi connectivity index (χ2n) is 8.19. The van der Waals surface area contributed by atoms with Crippen molar-refractivity contribution in [3.8, 4) is 5.75 Å². The van der Waals surface area contributed by atoms with Crippen LogP contribution in [0.3, 0.4) is 0 Å². The number of rotatable bonds is 7. The van der Waals surface area contributed by atoms with E-state index < -0.39 is 11.9 Å². The van der Waals surface area contributed by atoms with Crippen molar-refractivity contribution in [2.24, 2.45) is 5.10 Å². The smallest absolute Gasteiger partial charge is 0.338 e. The van der Waals surface area contributed by atoms with Crippen molar-refractivity contribution >= 4 is 29.2 Å². The Morgan fingerprint density at radius 2 is 1.81 bits per heavy atom. The predicted octanol–water partition coefficient (Wildman–Crippen LogP) is 4.50. The van der Waals surface area contributed by atoms with Gasteiger partial charge in [-0.1, -0.05) is 6.07 Å². The predicted molar refractivity (Wildman–Crippen MR) is 134 cm³/mol. The van der Waals surface area contributed by atoms with E-state index in [0.717, 1.165) is 12.0 Å². The molecule has 0 fully saturated rings. The number of carbonyl (C=O) groups excluding carboxylic acids is 3. The maximum atomic E-state index is 13.0. The highest BCUT2D eigenvalue weighted by Crippen LogP contribution is 2.30. The lowest BCUT2D eigenvalue weighted by molar-refractivity contribution is 0.0526. The Balaban J connectivity index is 1.50. The number of hydrogen-bond donors (Lipinski definition) is 2. The molecule has 9 nitrogen and oxygen atoms in total. The lowest BCUT2D eigenvalue weighted by Gasteiger charge is -2.13. The first-order chi connectivity index (χ1) is 17.4. The number of nitrogens with one attached hydrogen (secondary N) is 2. The molecule has 1 aliphatic rings. The van der Waals surface area contributed by atoms with E-state index in [1.807, 2.05) is 0 Å². The van der Waals surface area contributed by atoms with Crippen LogP contribution in [-0.2, 0) is 11.2 Å². The quantitative estimate of drug-likeness (QED) is 0.373. The molecule has 36 heavy (non-hydrogen) atoms. The van der Waals surface area contributed by atoms with Gasteiger partial charge in [-0.2, -0.15) is 5.10 Å². The number of ether oxygens (including phenoxy) is 2. The van der Waals surface area contributed by atoms with E-state index in [4.69, 9.17) is 13.9 Å². The van der Waals surface area contributed by atoms with E-state index >= 15 is 0 Å². The Hall–Kier alpha value is -4.40. The number of hydrazone groups is 1. The van der Waals surface area contributed by atoms with E-state index in [2.05, 4.69) is 15.8 Å². The van der Waals surface area contributed by atoms with Gasteiger partial charge in [-0.25, -0.2) is 10.2 Å². The van der Waals surface area contributed by atoms with Crippen molar-refractivity contribution in [3.05, 3.63) is 82.3 Å². The van der Waals surface area contributed by atoms with Gasteiger partial charge in [-0.05, 0) is 69.2 Å². The molecule has 186 valence electrons. The Bertz CT molecular complexity index is 1320. The zero-order chi connectivity index (χ0) is 25.7. The lowest BCUT2D eigenvalue weighted by Crippen LogP contribution is -2.22. The van der Waals surface area contributed by atoms with Crippen LogP contribution in [0.1, 0.15) is 67.9 Å². The van der Waals surface area contributed by atoms with Crippen molar-refractivity contribution < 1.29 is 28.3 Å². The number of amides is 2. The fourth-order valence-corrected chi connectivity index (χ4v) is 4.04. The highest BCUT2D eigenvalue weighted by atomic mass is 16.5. The van der Waals surface area contributed by atoms with Crippen LogP contribution in [0.5, 0.6) is 5.75 Å². The van der Waals surface area contributed by atoms with E-state index in [-0.39, 0.29) is 18.3 Å². The number of furan rings is 1. The molecule has 0 atom stereocenters. The summed E-state index contributed by atoms with van der Waals surface area (Å²) in [4.78, 5) is 37.4. The average molecular weight is 490 g/mol. The maximum absolute atomic E-state index is 13.0. The zero-order valence-corrected chi connectivity index (χ0v) is 20.3. The molecule has 1 heterocycles. The van der Waals surface area contributed by atoms with E-state index in [1.54, 1.807) is 62.4 Å². The third-order valence-corrected chi connectivity index (χ3v) is 5.81. The molecule has 2 amide bonds. The van der Waals surface area contributed by atoms with Gasteiger partial charge in [0.05, 0.1) is 25.0 Å². The van der Waals surface area contributed by atoms with E-state index in [0.29, 0.717) is 52.4 Å². The van der Waals surface area contributed by atoms with Crippen LogP contribution in [0.15, 0.2) is 58.0 Å². The van der Waals surface area contributed by atoms with Crippen LogP contribution in [0.25, 0.3) is 0 Å². The first kappa shape index (κ1) is 24.7. The monoisotopic (exact) mass is 489 g/mol. The number of carbonyl (C=O) groups is 3. The summed E-state index contributed by atoms with van der Waals surface area (Å²) in [6.07, 6.45) is 2.09. The molecule has 1 aromatic heterocycles. The SMILES string of the molecule is CCOC(=O)c1ccc(NC(=O)c2oc3c(c2C)/C(=N/NC(=O)c2cccc(OC)c2)CCC3)cc1. The summed E-state index contributed by atoms with van der Waals surface area (Å²) in [6, 6.07) is 13.2. The van der Waals surface area contributed by atoms with Crippen molar-refractivity contribution in [3.63, 3.8) is 0 Å². The van der Waals surface area contributed by atoms with Crippen molar-refractivity contribution in [1.82, 2.24) is 5.43 Å². The van der Waals surface area contributed by atoms with Gasteiger partial charge < -0.3 is 19.2 Å². The molecule has 0 saturated carbocycles. The minimum atomic E-state index is -0.421. The summed E-state index contributed by atoms with van der Waals surface area (Å²) in [5, 5.41) is 7.15. The summed E-state index contributed by atoms with van der Waals surface area (Å²) >= 11 is 0. The first-order valence-electron chi connectivity index (χ1n) is 11.6. The zero-order valence-electron chi connectivity index (χ0n) is 20.3. The van der Waals surface area contributed by atoms with Crippen LogP contribution in [0.2, 0.25) is 0 Å². The highest BCUT2D eigenvalue weighted by Gasteiger charge is 2.28. The van der Waals surface area contributed by atoms with Gasteiger partial charge in [-0.15, -0.1) is 0 Å². The summed E-state index contributed by atoms with van der Waals surface area (Å²) < 4.78 is 16.1. The number of aryl methyl sites for hydroxylation is 1. The van der Waals surface area contributed by atoms with Crippen LogP contribution in [0, 0.1) is 6.92 Å². The van der Waals surface area contributed by atoms with Crippen LogP contribution in [-0.4, -0.2) is 37.2 Å². The van der Waals surface area contributed by atoms with Crippen LogP contribution < -0.4 is 15.5 Å². The molecule has 3 aromatic rings. The Kier molecular flexibility index (Phi) is 7.48. The summed E-state index contributed by atoms with van der Waals surface area (Å²) in [7, 11) is 1.54. The normalized spacial score (nSPS) is 13.6. The van der Waals surface area contributed by atoms with Crippen molar-refractivity contribution in [2.45, 2.75) is 33.1 Å². The largest absolute Gasteiger partial charge is 0.497 e. The van der Waals surface area contributed by atoms with Gasteiger partial charge in [0.15, 0.2) is 5.76 Å². The number of methoxy groups -OCH3 is 1. The molecule has 0 spiro atoms. The molecule has 2 aromatic carbocycles. The van der Waals surface area contributed by atoms with E-state index in [9.17, 15) is 14.4 Å². The van der Waals surface area contributed by atoms with Gasteiger partial charge in [0.1, 0.15) is 11.5 Å². The average Bonchev–Trinajstić information content (AvgIpc) is 3.25. The first-order valence-corrected chi connectivity index (χ1v) is 11.6. The van der Waals surface area contributed by atoms with Crippen LogP contribution in [0.4, 0.5) is 5.69 Å². The topological polar surface area (TPSA) is 119 Å². The summed E-state index contributed by atoms with van der Waals surface area (Å²) in [5.41, 5.74) is 6.00. The summed E-state index contributed by atoms with van der Waals surface area (Å²) in [6.45, 7) is 3.82. The Morgan fingerprint density at radius 1 is 1.03 bits per heavy atom. The van der Waals surface area contributed by atoms with Crippen molar-refractivity contribution in [1.29, 1.82) is 0 Å². The molecule has 9 heteroatoms. The number of hydrogen-bond acceptors (Lipinski definition) is 7. The molecule has 0 radical (unpaired) electrons. The fourth-order valence-electron chi connectivity index (χ4n) is 4.04. The number of fused-ring (bicyclic) bond motifs is 1. The molecule has 0 aliphatic heterocycles. The third-order valence-electron chi connectivity index (χ3n) is 5.81. The second-order valence-corrected chi connectivity index (χ2v) is 8.19. The lowest BCUT2D eigenvalue weighted by atomic mass is 9.93. The third kappa shape index (κ3) is 5.30. The number of benzene rings is 2. The molecule has 4 rings (SSSR count). The standard InChI is InChI=1S/C27H27N3O6/c1-4-35-27(33)17-11-13-19(14-12-17)28-26(32)24-16(2)23-21(9-6-10-22(23)36-24)29-30-25(31)18-7-5-8-20(15-18)34-3/h5,7-8,11-15H,4,6,9-10H2,1-3H3,(H,28,32)(H,30,31)/b29-21+. The van der Waals surface area contributed by atoms with Crippen molar-refractivity contribution in [2.75, 3.05) is 19.0 Å². The van der Waals surface area contributed by atoms with E-state index in [1.165, 1.54) is 7.11 Å². The second kappa shape index (κ2) is 10.9. The van der Waals surface area contributed by atoms with Crippen LogP contribution >= 0.6 is 0 Å². The molecular formula is C27H27N3O6. The number of esters is 1. The molecule has 0 unspecified atom stereocenters. The fraction of sp³-hybridized carbons (Fsp3) is 0.259. The highest BCUT2D eigenvalue weighted by molar-refractivity contribution is 6.09. The molecule has 0 saturated heterocycles. The number of nitrogens with zero attached hydrogens (tertiary/aromatic N) is 1. The van der Waals surface area contributed by atoms with Gasteiger partial charge in [0.25, 0.3) is 11.8 Å². The van der Waals surface area contributed by atoms with Gasteiger partial charge in [0.2, 0.25) is 0 Å². The number of anilines is 1. The molecule has 1 aliphatic carbocycles. The Morgan fingerprint density at radius 3 is 2.53 bits per heavy atom.